The van der Waals surface area contributed by atoms with Crippen LogP contribution in [0, 0.1) is 5.92 Å². The number of fused-ring (bicyclic) bond motifs is 1. The maximum absolute atomic E-state index is 11.8. The Labute approximate surface area is 232 Å². The van der Waals surface area contributed by atoms with Crippen LogP contribution in [0.25, 0.3) is 23.1 Å². The van der Waals surface area contributed by atoms with Gasteiger partial charge in [-0.3, -0.25) is 9.59 Å². The Morgan fingerprint density at radius 1 is 1.00 bits per heavy atom. The van der Waals surface area contributed by atoms with Gasteiger partial charge < -0.3 is 5.11 Å². The number of carbonyl (C=O) groups excluding carboxylic acids is 1. The lowest BCUT2D eigenvalue weighted by Crippen LogP contribution is -2.13. The molecule has 0 spiro atoms. The highest BCUT2D eigenvalue weighted by Crippen LogP contribution is 2.35. The van der Waals surface area contributed by atoms with Crippen molar-refractivity contribution in [3.8, 4) is 0 Å². The van der Waals surface area contributed by atoms with Gasteiger partial charge in [0.2, 0.25) is 0 Å². The van der Waals surface area contributed by atoms with Crippen molar-refractivity contribution in [3.63, 3.8) is 0 Å². The van der Waals surface area contributed by atoms with Gasteiger partial charge in [0.25, 0.3) is 0 Å². The summed E-state index contributed by atoms with van der Waals surface area (Å²) in [5.74, 6) is -0.640. The number of carboxylic acid groups (broad SMARTS) is 1. The fraction of sp³-hybridized carbons (Fsp3) is 0.219. The molecule has 0 fully saturated rings. The third kappa shape index (κ3) is 7.56. The van der Waals surface area contributed by atoms with Crippen LogP contribution in [0.1, 0.15) is 58.3 Å². The highest BCUT2D eigenvalue weighted by atomic mass is 35.5. The van der Waals surface area contributed by atoms with Crippen molar-refractivity contribution in [2.45, 2.75) is 31.9 Å². The summed E-state index contributed by atoms with van der Waals surface area (Å²) in [6.07, 6.45) is 5.66. The van der Waals surface area contributed by atoms with Gasteiger partial charge in [0.15, 0.2) is 5.78 Å². The Balaban J connectivity index is 1.54. The van der Waals surface area contributed by atoms with Gasteiger partial charge in [-0.05, 0) is 66.8 Å². The molecule has 0 saturated carbocycles. The van der Waals surface area contributed by atoms with Gasteiger partial charge >= 0.3 is 5.97 Å². The molecule has 0 unspecified atom stereocenters. The smallest absolute Gasteiger partial charge is 0.307 e. The first-order valence-electron chi connectivity index (χ1n) is 12.6. The van der Waals surface area contributed by atoms with Crippen LogP contribution in [0.5, 0.6) is 0 Å². The molecule has 1 heterocycles. The second-order valence-corrected chi connectivity index (χ2v) is 11.1. The number of ketones is 1. The van der Waals surface area contributed by atoms with Crippen LogP contribution in [-0.4, -0.2) is 27.6 Å². The first-order valence-corrected chi connectivity index (χ1v) is 14.0. The highest BCUT2D eigenvalue weighted by molar-refractivity contribution is 7.99. The Kier molecular flexibility index (Phi) is 9.38. The van der Waals surface area contributed by atoms with Gasteiger partial charge in [-0.25, -0.2) is 4.98 Å². The van der Waals surface area contributed by atoms with Crippen molar-refractivity contribution in [1.29, 1.82) is 0 Å². The number of aromatic nitrogens is 1. The first kappa shape index (κ1) is 27.6. The molecule has 4 aromatic rings. The normalized spacial score (nSPS) is 13.0. The summed E-state index contributed by atoms with van der Waals surface area (Å²) >= 11 is 7.80. The van der Waals surface area contributed by atoms with Crippen LogP contribution < -0.4 is 0 Å². The van der Waals surface area contributed by atoms with Gasteiger partial charge in [0.1, 0.15) is 0 Å². The van der Waals surface area contributed by atoms with E-state index in [0.717, 1.165) is 46.1 Å². The van der Waals surface area contributed by atoms with Crippen LogP contribution in [0.4, 0.5) is 0 Å². The van der Waals surface area contributed by atoms with E-state index in [1.165, 1.54) is 0 Å². The van der Waals surface area contributed by atoms with Gasteiger partial charge in [0.05, 0.1) is 17.1 Å². The van der Waals surface area contributed by atoms with E-state index >= 15 is 0 Å². The average Bonchev–Trinajstić information content (AvgIpc) is 2.91. The number of hydrogen-bond donors (Lipinski definition) is 1. The third-order valence-corrected chi connectivity index (χ3v) is 8.24. The molecule has 0 bridgehead atoms. The lowest BCUT2D eigenvalue weighted by atomic mass is 10.00. The lowest BCUT2D eigenvalue weighted by molar-refractivity contribution is -0.140. The second-order valence-electron chi connectivity index (χ2n) is 9.43. The average molecular weight is 544 g/mol. The minimum atomic E-state index is -0.786. The first-order chi connectivity index (χ1) is 18.3. The number of aliphatic carboxylic acids is 1. The van der Waals surface area contributed by atoms with Crippen LogP contribution in [0.3, 0.4) is 0 Å². The number of thioether (sulfide) groups is 1. The van der Waals surface area contributed by atoms with E-state index in [1.807, 2.05) is 72.8 Å². The molecular formula is C32H30ClNO3S. The fourth-order valence-corrected chi connectivity index (χ4v) is 5.62. The second kappa shape index (κ2) is 12.9. The lowest BCUT2D eigenvalue weighted by Gasteiger charge is -2.19. The van der Waals surface area contributed by atoms with E-state index in [0.29, 0.717) is 16.3 Å². The number of carboxylic acids is 1. The molecule has 0 saturated heterocycles. The third-order valence-electron chi connectivity index (χ3n) is 6.40. The molecule has 4 nitrogen and oxygen atoms in total. The molecule has 0 aliphatic carbocycles. The van der Waals surface area contributed by atoms with Gasteiger partial charge in [-0.15, -0.1) is 0 Å². The quantitative estimate of drug-likeness (QED) is 0.192. The monoisotopic (exact) mass is 543 g/mol. The van der Waals surface area contributed by atoms with E-state index < -0.39 is 11.9 Å². The molecule has 6 heteroatoms. The molecule has 0 aliphatic rings. The number of nitrogens with zero attached hydrogens (tertiary/aromatic N) is 1. The summed E-state index contributed by atoms with van der Waals surface area (Å²) in [5.41, 5.74) is 5.71. The van der Waals surface area contributed by atoms with E-state index in [1.54, 1.807) is 25.6 Å². The molecule has 2 atom stereocenters. The van der Waals surface area contributed by atoms with Gasteiger partial charge in [-0.1, -0.05) is 79.2 Å². The topological polar surface area (TPSA) is 67.3 Å². The Hall–Kier alpha value is -3.41. The molecule has 0 aliphatic heterocycles. The number of hydrogen-bond acceptors (Lipinski definition) is 4. The SMILES string of the molecule is CC(=O)c1cccc(CC[C@H](SC[C@@H](C)C(=O)O)c2cccc(/C=C/c3ccc4ccc(Cl)cc4n3)c2)c1. The van der Waals surface area contributed by atoms with Crippen molar-refractivity contribution in [3.05, 3.63) is 112 Å². The van der Waals surface area contributed by atoms with E-state index in [9.17, 15) is 14.7 Å². The molecular weight excluding hydrogens is 514 g/mol. The number of Topliss-reactive ketones (excluding diaryl/α,β-unsaturated/α-hetero) is 1. The van der Waals surface area contributed by atoms with Crippen molar-refractivity contribution in [2.24, 2.45) is 5.92 Å². The molecule has 0 amide bonds. The summed E-state index contributed by atoms with van der Waals surface area (Å²) in [6, 6.07) is 25.8. The molecule has 194 valence electrons. The van der Waals surface area contributed by atoms with E-state index in [2.05, 4.69) is 18.2 Å². The summed E-state index contributed by atoms with van der Waals surface area (Å²) in [5, 5.41) is 11.2. The largest absolute Gasteiger partial charge is 0.481 e. The molecule has 3 aromatic carbocycles. The summed E-state index contributed by atoms with van der Waals surface area (Å²) in [6.45, 7) is 3.32. The zero-order valence-corrected chi connectivity index (χ0v) is 23.0. The van der Waals surface area contributed by atoms with E-state index in [4.69, 9.17) is 16.6 Å². The van der Waals surface area contributed by atoms with Gasteiger partial charge in [0, 0.05) is 27.0 Å². The number of rotatable bonds is 11. The zero-order chi connectivity index (χ0) is 27.1. The molecule has 4 rings (SSSR count). The minimum absolute atomic E-state index is 0.0524. The Bertz CT molecular complexity index is 1480. The minimum Gasteiger partial charge on any atom is -0.481 e. The fourth-order valence-electron chi connectivity index (χ4n) is 4.17. The number of carbonyl (C=O) groups is 2. The Morgan fingerprint density at radius 3 is 2.58 bits per heavy atom. The predicted molar refractivity (Wildman–Crippen MR) is 159 cm³/mol. The molecule has 38 heavy (non-hydrogen) atoms. The maximum atomic E-state index is 11.8. The van der Waals surface area contributed by atoms with Gasteiger partial charge in [-0.2, -0.15) is 11.8 Å². The van der Waals surface area contributed by atoms with Crippen molar-refractivity contribution in [2.75, 3.05) is 5.75 Å². The molecule has 1 aromatic heterocycles. The standard InChI is InChI=1S/C32H30ClNO3S/c1-21(32(36)37)20-38-31(16-10-24-5-3-7-26(17-24)22(2)35)27-8-4-6-23(18-27)9-14-29-15-12-25-11-13-28(33)19-30(25)34-29/h3-9,11-15,17-19,21,31H,10,16,20H2,1-2H3,(H,36,37)/b14-9+/t21-,31+/m1/s1. The number of halogens is 1. The zero-order valence-electron chi connectivity index (χ0n) is 21.4. The maximum Gasteiger partial charge on any atom is 0.307 e. The summed E-state index contributed by atoms with van der Waals surface area (Å²) in [7, 11) is 0. The van der Waals surface area contributed by atoms with Crippen molar-refractivity contribution in [1.82, 2.24) is 4.98 Å². The van der Waals surface area contributed by atoms with Crippen LogP contribution in [0.15, 0.2) is 78.9 Å². The summed E-state index contributed by atoms with van der Waals surface area (Å²) < 4.78 is 0. The predicted octanol–water partition coefficient (Wildman–Crippen LogP) is 8.39. The molecule has 1 N–H and O–H groups in total. The highest BCUT2D eigenvalue weighted by Gasteiger charge is 2.18. The summed E-state index contributed by atoms with van der Waals surface area (Å²) in [4.78, 5) is 27.9. The Morgan fingerprint density at radius 2 is 1.79 bits per heavy atom. The molecule has 0 radical (unpaired) electrons. The van der Waals surface area contributed by atoms with Crippen molar-refractivity contribution >= 4 is 58.2 Å². The van der Waals surface area contributed by atoms with Crippen LogP contribution >= 0.6 is 23.4 Å². The number of aryl methyl sites for hydroxylation is 1. The van der Waals surface area contributed by atoms with E-state index in [-0.39, 0.29) is 11.0 Å². The number of benzene rings is 3. The number of pyridine rings is 1. The van der Waals surface area contributed by atoms with Crippen molar-refractivity contribution < 1.29 is 14.7 Å². The van der Waals surface area contributed by atoms with Crippen LogP contribution in [-0.2, 0) is 11.2 Å². The van der Waals surface area contributed by atoms with Crippen LogP contribution in [0.2, 0.25) is 5.02 Å².